The van der Waals surface area contributed by atoms with E-state index in [1.54, 1.807) is 30.1 Å². The molecule has 0 fully saturated rings. The Hall–Kier alpha value is -0.990. The number of aromatic nitrogens is 2. The summed E-state index contributed by atoms with van der Waals surface area (Å²) >= 11 is 1.59. The second kappa shape index (κ2) is 19.1. The van der Waals surface area contributed by atoms with Crippen LogP contribution in [-0.4, -0.2) is 79.2 Å². The first kappa shape index (κ1) is 33.0. The topological polar surface area (TPSA) is 146 Å². The van der Waals surface area contributed by atoms with E-state index in [-0.39, 0.29) is 51.5 Å². The van der Waals surface area contributed by atoms with Crippen LogP contribution in [0.25, 0.3) is 0 Å². The molecule has 0 saturated heterocycles. The molecule has 36 heavy (non-hydrogen) atoms. The molecule has 0 radical (unpaired) electrons. The lowest BCUT2D eigenvalue weighted by Gasteiger charge is -2.36. The minimum absolute atomic E-state index is 0.00551. The van der Waals surface area contributed by atoms with Gasteiger partial charge in [-0.25, -0.2) is 14.4 Å². The molecule has 1 aromatic rings. The molecule has 0 aliphatic carbocycles. The minimum Gasteiger partial charge on any atom is -0.382 e. The van der Waals surface area contributed by atoms with Gasteiger partial charge in [0.05, 0.1) is 45.5 Å². The molecule has 3 unspecified atom stereocenters. The summed E-state index contributed by atoms with van der Waals surface area (Å²) in [6, 6.07) is 3.52. The number of rotatable bonds is 20. The number of nitrogens with one attached hydrogen (secondary N) is 1. The van der Waals surface area contributed by atoms with Crippen LogP contribution < -0.4 is 11.2 Å². The quantitative estimate of drug-likeness (QED) is 0.0734. The standard InChI is InChI=1S/C21H36IN4O9P/c1-16(2)26(17(3)4)36(32-10-6-8-23)33-14-18(13-31-35-22)34-20(15-30-12-11-29-5)25-9-7-19(27)24-21(25)28/h7,9,16-18,20H,6,10-15H2,1-5H3,(H,24,27,28). The van der Waals surface area contributed by atoms with E-state index in [4.69, 9.17) is 36.6 Å². The predicted molar refractivity (Wildman–Crippen MR) is 140 cm³/mol. The van der Waals surface area contributed by atoms with E-state index in [0.717, 1.165) is 0 Å². The molecule has 13 nitrogen and oxygen atoms in total. The molecule has 1 heterocycles. The molecule has 0 bridgehead atoms. The molecule has 0 aliphatic rings. The van der Waals surface area contributed by atoms with Gasteiger partial charge in [-0.2, -0.15) is 8.48 Å². The Morgan fingerprint density at radius 1 is 1.11 bits per heavy atom. The van der Waals surface area contributed by atoms with Crippen molar-refractivity contribution in [2.24, 2.45) is 0 Å². The molecule has 0 aromatic carbocycles. The monoisotopic (exact) mass is 646 g/mol. The third-order valence-corrected chi connectivity index (χ3v) is 6.86. The van der Waals surface area contributed by atoms with Crippen LogP contribution >= 0.6 is 31.5 Å². The van der Waals surface area contributed by atoms with Crippen molar-refractivity contribution in [3.05, 3.63) is 33.1 Å². The smallest absolute Gasteiger partial charge is 0.330 e. The fourth-order valence-electron chi connectivity index (χ4n) is 3.08. The van der Waals surface area contributed by atoms with E-state index >= 15 is 0 Å². The molecule has 0 spiro atoms. The highest BCUT2D eigenvalue weighted by Crippen LogP contribution is 2.46. The van der Waals surface area contributed by atoms with Crippen molar-refractivity contribution in [1.29, 1.82) is 5.26 Å². The average molecular weight is 646 g/mol. The number of nitriles is 1. The van der Waals surface area contributed by atoms with E-state index in [0.29, 0.717) is 6.61 Å². The Kier molecular flexibility index (Phi) is 17.6. The molecule has 0 amide bonds. The zero-order chi connectivity index (χ0) is 26.9. The first-order valence-corrected chi connectivity index (χ1v) is 13.4. The van der Waals surface area contributed by atoms with Crippen LogP contribution in [0.5, 0.6) is 0 Å². The molecule has 3 atom stereocenters. The first-order chi connectivity index (χ1) is 17.2. The maximum Gasteiger partial charge on any atom is 0.330 e. The molecular formula is C21H36IN4O9P. The zero-order valence-corrected chi connectivity index (χ0v) is 24.3. The lowest BCUT2D eigenvalue weighted by atomic mass is 10.3. The highest BCUT2D eigenvalue weighted by Gasteiger charge is 2.29. The Balaban J connectivity index is 3.09. The summed E-state index contributed by atoms with van der Waals surface area (Å²) in [4.78, 5) is 31.3. The van der Waals surface area contributed by atoms with Crippen molar-refractivity contribution < 1.29 is 31.4 Å². The lowest BCUT2D eigenvalue weighted by molar-refractivity contribution is -0.215. The predicted octanol–water partition coefficient (Wildman–Crippen LogP) is 2.67. The first-order valence-electron chi connectivity index (χ1n) is 11.4. The molecule has 1 aromatic heterocycles. The van der Waals surface area contributed by atoms with Crippen molar-refractivity contribution >= 4 is 31.5 Å². The molecule has 1 rings (SSSR count). The van der Waals surface area contributed by atoms with Crippen molar-refractivity contribution in [3.63, 3.8) is 0 Å². The van der Waals surface area contributed by atoms with Crippen LogP contribution in [0.2, 0.25) is 0 Å². The molecule has 0 saturated carbocycles. The highest BCUT2D eigenvalue weighted by atomic mass is 127. The molecular weight excluding hydrogens is 610 g/mol. The molecule has 15 heteroatoms. The number of halogens is 1. The van der Waals surface area contributed by atoms with E-state index in [2.05, 4.69) is 15.7 Å². The van der Waals surface area contributed by atoms with Crippen molar-refractivity contribution in [1.82, 2.24) is 14.2 Å². The van der Waals surface area contributed by atoms with Crippen LogP contribution in [-0.2, 0) is 31.4 Å². The van der Waals surface area contributed by atoms with Gasteiger partial charge in [0, 0.05) is 31.5 Å². The number of nitrogens with zero attached hydrogens (tertiary/aromatic N) is 3. The summed E-state index contributed by atoms with van der Waals surface area (Å²) in [6.45, 7) is 8.98. The van der Waals surface area contributed by atoms with Gasteiger partial charge in [-0.1, -0.05) is 0 Å². The summed E-state index contributed by atoms with van der Waals surface area (Å²) in [5.41, 5.74) is -1.18. The average Bonchev–Trinajstić information content (AvgIpc) is 2.82. The fourth-order valence-corrected chi connectivity index (χ4v) is 4.86. The van der Waals surface area contributed by atoms with Gasteiger partial charge < -0.3 is 23.3 Å². The molecule has 0 aliphatic heterocycles. The Bertz CT molecular complexity index is 872. The highest BCUT2D eigenvalue weighted by molar-refractivity contribution is 14.1. The fraction of sp³-hybridized carbons (Fsp3) is 0.762. The number of H-pyrrole nitrogens is 1. The second-order valence-electron chi connectivity index (χ2n) is 7.99. The Morgan fingerprint density at radius 2 is 1.83 bits per heavy atom. The summed E-state index contributed by atoms with van der Waals surface area (Å²) in [7, 11) is 0.0210. The van der Waals surface area contributed by atoms with Gasteiger partial charge in [-0.15, -0.1) is 0 Å². The Morgan fingerprint density at radius 3 is 2.42 bits per heavy atom. The van der Waals surface area contributed by atoms with Gasteiger partial charge in [0.25, 0.3) is 14.1 Å². The maximum absolute atomic E-state index is 12.4. The summed E-state index contributed by atoms with van der Waals surface area (Å²) in [5.74, 6) is 0. The van der Waals surface area contributed by atoms with E-state index in [1.807, 2.05) is 27.7 Å². The Labute approximate surface area is 226 Å². The van der Waals surface area contributed by atoms with Crippen LogP contribution in [0.4, 0.5) is 0 Å². The third-order valence-electron chi connectivity index (χ3n) is 4.53. The van der Waals surface area contributed by atoms with Crippen LogP contribution in [0.3, 0.4) is 0 Å². The third kappa shape index (κ3) is 12.5. The van der Waals surface area contributed by atoms with Crippen LogP contribution in [0.15, 0.2) is 21.9 Å². The van der Waals surface area contributed by atoms with Crippen LogP contribution in [0.1, 0.15) is 40.3 Å². The summed E-state index contributed by atoms with van der Waals surface area (Å²) in [6.07, 6.45) is -0.0560. The van der Waals surface area contributed by atoms with Crippen molar-refractivity contribution in [3.8, 4) is 6.07 Å². The van der Waals surface area contributed by atoms with Gasteiger partial charge in [0.1, 0.15) is 12.7 Å². The van der Waals surface area contributed by atoms with Crippen molar-refractivity contribution in [2.45, 2.75) is 58.5 Å². The number of ether oxygens (including phenoxy) is 3. The van der Waals surface area contributed by atoms with Gasteiger partial charge in [0.15, 0.2) is 29.2 Å². The van der Waals surface area contributed by atoms with Gasteiger partial charge >= 0.3 is 5.69 Å². The van der Waals surface area contributed by atoms with Crippen molar-refractivity contribution in [2.75, 3.05) is 46.8 Å². The van der Waals surface area contributed by atoms with E-state index in [9.17, 15) is 9.59 Å². The summed E-state index contributed by atoms with van der Waals surface area (Å²) < 4.78 is 36.8. The maximum atomic E-state index is 12.4. The van der Waals surface area contributed by atoms with Gasteiger partial charge in [-0.05, 0) is 27.7 Å². The number of hydrogen-bond donors (Lipinski definition) is 1. The molecule has 206 valence electrons. The van der Waals surface area contributed by atoms with Crippen LogP contribution in [0, 0.1) is 11.3 Å². The van der Waals surface area contributed by atoms with Gasteiger partial charge in [-0.3, -0.25) is 14.3 Å². The zero-order valence-electron chi connectivity index (χ0n) is 21.3. The van der Waals surface area contributed by atoms with E-state index in [1.165, 1.54) is 16.8 Å². The summed E-state index contributed by atoms with van der Waals surface area (Å²) in [5, 5.41) is 8.90. The largest absolute Gasteiger partial charge is 0.382 e. The number of hydrogen-bond acceptors (Lipinski definition) is 11. The van der Waals surface area contributed by atoms with E-state index < -0.39 is 32.1 Å². The lowest BCUT2D eigenvalue weighted by Crippen LogP contribution is -2.39. The normalized spacial score (nSPS) is 14.3. The number of methoxy groups -OCH3 is 1. The number of aromatic amines is 1. The SMILES string of the molecule is COCCOCC(OC(COOI)COP(OCCC#N)N(C(C)C)C(C)C)n1ccc(=O)[nH]c1=O. The minimum atomic E-state index is -1.53. The molecule has 1 N–H and O–H groups in total. The second-order valence-corrected chi connectivity index (χ2v) is 9.80. The van der Waals surface area contributed by atoms with Gasteiger partial charge in [0.2, 0.25) is 0 Å².